The highest BCUT2D eigenvalue weighted by Gasteiger charge is 2.32. The molecule has 27 heavy (non-hydrogen) atoms. The number of hydrogen-bond acceptors (Lipinski definition) is 6. The molecule has 1 aliphatic rings. The number of halogens is 1. The van der Waals surface area contributed by atoms with Crippen molar-refractivity contribution in [2.24, 2.45) is 10.7 Å². The average molecular weight is 392 g/mol. The van der Waals surface area contributed by atoms with Gasteiger partial charge in [-0.1, -0.05) is 11.8 Å². The molecular weight excluding hydrogens is 369 g/mol. The van der Waals surface area contributed by atoms with Gasteiger partial charge in [0.15, 0.2) is 11.4 Å². The number of nitrogens with one attached hydrogen (secondary N) is 1. The lowest BCUT2D eigenvalue weighted by Gasteiger charge is -2.30. The van der Waals surface area contributed by atoms with Crippen molar-refractivity contribution in [3.05, 3.63) is 46.4 Å². The number of rotatable bonds is 6. The quantitative estimate of drug-likeness (QED) is 0.442. The van der Waals surface area contributed by atoms with E-state index in [4.69, 9.17) is 17.0 Å². The third-order valence-corrected chi connectivity index (χ3v) is 4.69. The molecule has 3 N–H and O–H groups in total. The minimum Gasteiger partial charge on any atom is -0.477 e. The van der Waals surface area contributed by atoms with E-state index in [0.717, 1.165) is 5.75 Å². The van der Waals surface area contributed by atoms with E-state index < -0.39 is 17.3 Å². The smallest absolute Gasteiger partial charge is 0.437 e. The van der Waals surface area contributed by atoms with E-state index in [1.807, 2.05) is 21.0 Å². The summed E-state index contributed by atoms with van der Waals surface area (Å²) in [5.41, 5.74) is 5.69. The number of anilines is 1. The lowest BCUT2D eigenvalue weighted by atomic mass is 9.89. The highest BCUT2D eigenvalue weighted by Crippen LogP contribution is 2.37. The number of hydrogen-bond donors (Lipinski definition) is 2. The Bertz CT molecular complexity index is 818. The summed E-state index contributed by atoms with van der Waals surface area (Å²) in [5, 5.41) is 3.06. The number of ether oxygens (including phenoxy) is 1. The third kappa shape index (κ3) is 5.45. The first-order valence-corrected chi connectivity index (χ1v) is 9.20. The number of benzene rings is 1. The van der Waals surface area contributed by atoms with E-state index >= 15 is 0 Å². The Labute approximate surface area is 162 Å². The average Bonchev–Trinajstić information content (AvgIpc) is 2.59. The van der Waals surface area contributed by atoms with Crippen LogP contribution in [0.15, 0.2) is 35.2 Å². The van der Waals surface area contributed by atoms with E-state index in [9.17, 15) is 9.18 Å². The van der Waals surface area contributed by atoms with Gasteiger partial charge >= 0.3 is 11.6 Å². The largest absolute Gasteiger partial charge is 0.477 e. The van der Waals surface area contributed by atoms with Gasteiger partial charge in [-0.25, -0.2) is 4.39 Å². The molecule has 0 saturated carbocycles. The van der Waals surface area contributed by atoms with Crippen molar-refractivity contribution in [3.63, 3.8) is 0 Å². The van der Waals surface area contributed by atoms with Gasteiger partial charge in [0.1, 0.15) is 12.5 Å². The molecule has 1 aromatic carbocycles. The monoisotopic (exact) mass is 392 g/mol. The summed E-state index contributed by atoms with van der Waals surface area (Å²) >= 11 is 1.44. The van der Waals surface area contributed by atoms with E-state index in [1.165, 1.54) is 30.2 Å². The van der Waals surface area contributed by atoms with Crippen LogP contribution in [0.5, 0.6) is 0 Å². The molecule has 9 heteroatoms. The topological polar surface area (TPSA) is 84.3 Å². The number of carbonyl (C=O) groups excluding carboxylic acids is 1. The van der Waals surface area contributed by atoms with Crippen LogP contribution in [-0.2, 0) is 15.1 Å². The van der Waals surface area contributed by atoms with Crippen molar-refractivity contribution in [1.29, 1.82) is 0 Å². The molecule has 0 fully saturated rings. The minimum absolute atomic E-state index is 0.0923. The van der Waals surface area contributed by atoms with Gasteiger partial charge < -0.3 is 15.8 Å². The molecule has 1 aromatic rings. The lowest BCUT2D eigenvalue weighted by molar-refractivity contribution is -0.112. The third-order valence-electron chi connectivity index (χ3n) is 3.90. The highest BCUT2D eigenvalue weighted by molar-refractivity contribution is 8.13. The molecule has 144 valence electrons. The van der Waals surface area contributed by atoms with Crippen molar-refractivity contribution < 1.29 is 13.9 Å². The summed E-state index contributed by atoms with van der Waals surface area (Å²) in [6, 6.07) is 4.30. The molecule has 1 unspecified atom stereocenters. The Balaban J connectivity index is 2.22. The number of thioether (sulfide) groups is 1. The first-order chi connectivity index (χ1) is 12.7. The van der Waals surface area contributed by atoms with E-state index in [0.29, 0.717) is 22.8 Å². The zero-order valence-electron chi connectivity index (χ0n) is 15.5. The molecular formula is C18H23FN5O2S+. The zero-order chi connectivity index (χ0) is 20.0. The van der Waals surface area contributed by atoms with Gasteiger partial charge in [-0.05, 0) is 50.5 Å². The van der Waals surface area contributed by atoms with Gasteiger partial charge in [-0.2, -0.15) is 0 Å². The normalized spacial score (nSPS) is 20.0. The van der Waals surface area contributed by atoms with Crippen LogP contribution in [0.25, 0.3) is 4.85 Å². The number of aliphatic imine (C=N–C) groups is 1. The van der Waals surface area contributed by atoms with Gasteiger partial charge in [-0.15, -0.1) is 0 Å². The van der Waals surface area contributed by atoms with E-state index in [-0.39, 0.29) is 12.4 Å². The fraction of sp³-hybridized carbons (Fsp3) is 0.389. The predicted octanol–water partition coefficient (Wildman–Crippen LogP) is 2.77. The maximum Gasteiger partial charge on any atom is 0.437 e. The summed E-state index contributed by atoms with van der Waals surface area (Å²) in [6.07, 6.45) is 1.80. The van der Waals surface area contributed by atoms with Crippen molar-refractivity contribution in [2.75, 3.05) is 31.9 Å². The van der Waals surface area contributed by atoms with Crippen molar-refractivity contribution in [3.8, 4) is 6.57 Å². The van der Waals surface area contributed by atoms with Gasteiger partial charge in [0, 0.05) is 17.0 Å². The Morgan fingerprint density at radius 3 is 2.96 bits per heavy atom. The van der Waals surface area contributed by atoms with Gasteiger partial charge in [0.25, 0.3) is 6.57 Å². The predicted molar refractivity (Wildman–Crippen MR) is 107 cm³/mol. The first-order valence-electron chi connectivity index (χ1n) is 8.22. The standard InChI is InChI=1S/C18H22FN5O2S/c1-18(7-8-27-17(20)23-18)13-9-12(5-6-14(13)19)22-16(25)15(21-2)10-26-11-24(3)4/h2,5-6,9-10H,7-8,11H2,1,3-4H3,(H2-,20,22,23,25)/p+1/b15-10-. The summed E-state index contributed by atoms with van der Waals surface area (Å²) < 4.78 is 19.6. The van der Waals surface area contributed by atoms with Crippen LogP contribution in [0.3, 0.4) is 0 Å². The number of amidine groups is 1. The maximum absolute atomic E-state index is 14.4. The molecule has 0 aliphatic carbocycles. The van der Waals surface area contributed by atoms with Crippen LogP contribution in [0.1, 0.15) is 18.9 Å². The Kier molecular flexibility index (Phi) is 6.82. The van der Waals surface area contributed by atoms with Crippen molar-refractivity contribution in [2.45, 2.75) is 18.9 Å². The van der Waals surface area contributed by atoms with Crippen LogP contribution in [0.4, 0.5) is 10.1 Å². The molecule has 1 atom stereocenters. The summed E-state index contributed by atoms with van der Waals surface area (Å²) in [7, 11) is 3.62. The molecule has 1 amide bonds. The second-order valence-electron chi connectivity index (χ2n) is 6.48. The second-order valence-corrected chi connectivity index (χ2v) is 7.59. The maximum atomic E-state index is 14.4. The van der Waals surface area contributed by atoms with Gasteiger partial charge in [0.2, 0.25) is 0 Å². The summed E-state index contributed by atoms with van der Waals surface area (Å²) in [5.74, 6) is -0.238. The Morgan fingerprint density at radius 2 is 2.33 bits per heavy atom. The molecule has 2 rings (SSSR count). The van der Waals surface area contributed by atoms with Crippen LogP contribution < -0.4 is 11.1 Å². The molecule has 7 nitrogen and oxygen atoms in total. The van der Waals surface area contributed by atoms with E-state index in [1.54, 1.807) is 11.0 Å². The molecule has 0 saturated heterocycles. The molecule has 0 aromatic heterocycles. The fourth-order valence-electron chi connectivity index (χ4n) is 2.50. The molecule has 0 radical (unpaired) electrons. The number of amides is 1. The first kappa shape index (κ1) is 20.7. The van der Waals surface area contributed by atoms with Gasteiger partial charge in [0.05, 0.1) is 5.54 Å². The molecule has 0 bridgehead atoms. The Hall–Kier alpha value is -2.57. The van der Waals surface area contributed by atoms with Crippen LogP contribution >= 0.6 is 11.8 Å². The highest BCUT2D eigenvalue weighted by atomic mass is 32.2. The SMILES string of the molecule is C#[N+]/C(=C\OCN(C)C)C(=O)Nc1ccc(F)c(C2(C)CCSC(N)=N2)c1. The molecule has 1 aliphatic heterocycles. The fourth-order valence-corrected chi connectivity index (χ4v) is 3.47. The second kappa shape index (κ2) is 8.88. The van der Waals surface area contributed by atoms with Crippen molar-refractivity contribution >= 4 is 28.5 Å². The van der Waals surface area contributed by atoms with Crippen LogP contribution in [0.2, 0.25) is 0 Å². The summed E-state index contributed by atoms with van der Waals surface area (Å²) in [6.45, 7) is 7.35. The minimum atomic E-state index is -0.786. The summed E-state index contributed by atoms with van der Waals surface area (Å²) in [4.78, 5) is 21.9. The van der Waals surface area contributed by atoms with Crippen LogP contribution in [0, 0.1) is 12.4 Å². The number of nitrogens with two attached hydrogens (primary N) is 1. The molecule has 0 spiro atoms. The lowest BCUT2D eigenvalue weighted by Crippen LogP contribution is -2.29. The Morgan fingerprint density at radius 1 is 1.59 bits per heavy atom. The van der Waals surface area contributed by atoms with E-state index in [2.05, 4.69) is 15.2 Å². The number of carbonyl (C=O) groups is 1. The van der Waals surface area contributed by atoms with Crippen LogP contribution in [-0.4, -0.2) is 42.6 Å². The molecule has 1 heterocycles. The number of nitrogens with zero attached hydrogens (tertiary/aromatic N) is 3. The van der Waals surface area contributed by atoms with Gasteiger partial charge in [-0.3, -0.25) is 14.7 Å². The zero-order valence-corrected chi connectivity index (χ0v) is 16.3. The van der Waals surface area contributed by atoms with Crippen molar-refractivity contribution in [1.82, 2.24) is 4.90 Å².